The van der Waals surface area contributed by atoms with Gasteiger partial charge in [0.05, 0.1) is 17.6 Å². The van der Waals surface area contributed by atoms with Crippen LogP contribution in [0.4, 0.5) is 0 Å². The Labute approximate surface area is 147 Å². The Kier molecular flexibility index (Phi) is 4.02. The maximum atomic E-state index is 9.51. The van der Waals surface area contributed by atoms with Crippen molar-refractivity contribution in [3.63, 3.8) is 0 Å². The molecular weight excluding hydrogens is 312 g/mol. The second-order valence-corrected chi connectivity index (χ2v) is 6.97. The van der Waals surface area contributed by atoms with Gasteiger partial charge in [-0.15, -0.1) is 0 Å². The van der Waals surface area contributed by atoms with E-state index in [0.717, 1.165) is 47.7 Å². The first-order valence-electron chi connectivity index (χ1n) is 8.81. The van der Waals surface area contributed by atoms with Crippen LogP contribution in [-0.4, -0.2) is 25.2 Å². The van der Waals surface area contributed by atoms with Crippen LogP contribution in [0.3, 0.4) is 0 Å². The predicted octanol–water partition coefficient (Wildman–Crippen LogP) is 2.63. The van der Waals surface area contributed by atoms with Crippen molar-refractivity contribution < 1.29 is 0 Å². The molecule has 4 heterocycles. The SMILES string of the molecule is CC(C)c1nc2n(n1)C[C@@H](NCc1cn3ccccc3c1C#N)CC2. The Morgan fingerprint density at radius 3 is 3.08 bits per heavy atom. The standard InChI is InChI=1S/C19H22N6/c1-13(2)19-22-18-7-6-15(12-25(18)23-19)21-10-14-11-24-8-4-3-5-17(24)16(14)9-20/h3-5,8,11,13,15,21H,6-7,10,12H2,1-2H3/t15-/m0/s1. The van der Waals surface area contributed by atoms with E-state index in [1.165, 1.54) is 0 Å². The summed E-state index contributed by atoms with van der Waals surface area (Å²) in [6.07, 6.45) is 6.02. The summed E-state index contributed by atoms with van der Waals surface area (Å²) in [6, 6.07) is 8.63. The molecule has 6 nitrogen and oxygen atoms in total. The molecule has 0 radical (unpaired) electrons. The Hall–Kier alpha value is -2.65. The zero-order valence-electron chi connectivity index (χ0n) is 14.6. The van der Waals surface area contributed by atoms with E-state index in [1.54, 1.807) is 0 Å². The predicted molar refractivity (Wildman–Crippen MR) is 95.2 cm³/mol. The third-order valence-corrected chi connectivity index (χ3v) is 4.85. The van der Waals surface area contributed by atoms with Crippen LogP contribution in [0.25, 0.3) is 5.52 Å². The molecule has 6 heteroatoms. The van der Waals surface area contributed by atoms with Gasteiger partial charge in [0, 0.05) is 42.9 Å². The monoisotopic (exact) mass is 334 g/mol. The molecule has 0 fully saturated rings. The third kappa shape index (κ3) is 2.92. The fourth-order valence-electron chi connectivity index (χ4n) is 3.43. The fourth-order valence-corrected chi connectivity index (χ4v) is 3.43. The van der Waals surface area contributed by atoms with Gasteiger partial charge in [0.15, 0.2) is 5.82 Å². The molecule has 1 atom stereocenters. The summed E-state index contributed by atoms with van der Waals surface area (Å²) in [7, 11) is 0. The maximum absolute atomic E-state index is 9.51. The number of rotatable bonds is 4. The van der Waals surface area contributed by atoms with E-state index in [1.807, 2.05) is 39.7 Å². The van der Waals surface area contributed by atoms with Crippen LogP contribution in [-0.2, 0) is 19.5 Å². The normalized spacial score (nSPS) is 17.0. The average molecular weight is 334 g/mol. The molecule has 0 amide bonds. The molecule has 0 unspecified atom stereocenters. The van der Waals surface area contributed by atoms with Gasteiger partial charge in [-0.1, -0.05) is 19.9 Å². The van der Waals surface area contributed by atoms with Crippen LogP contribution in [0.1, 0.15) is 49.0 Å². The highest BCUT2D eigenvalue weighted by Gasteiger charge is 2.22. The zero-order valence-corrected chi connectivity index (χ0v) is 14.6. The smallest absolute Gasteiger partial charge is 0.153 e. The van der Waals surface area contributed by atoms with E-state index in [-0.39, 0.29) is 0 Å². The molecule has 1 aliphatic heterocycles. The summed E-state index contributed by atoms with van der Waals surface area (Å²) < 4.78 is 4.05. The van der Waals surface area contributed by atoms with Gasteiger partial charge in [0.1, 0.15) is 11.9 Å². The molecule has 0 saturated carbocycles. The Balaban J connectivity index is 1.48. The fraction of sp³-hybridized carbons (Fsp3) is 0.421. The van der Waals surface area contributed by atoms with Crippen LogP contribution < -0.4 is 5.32 Å². The van der Waals surface area contributed by atoms with Crippen LogP contribution >= 0.6 is 0 Å². The van der Waals surface area contributed by atoms with E-state index in [2.05, 4.69) is 35.3 Å². The number of nitrogens with one attached hydrogen (secondary N) is 1. The van der Waals surface area contributed by atoms with Crippen molar-refractivity contribution in [3.8, 4) is 6.07 Å². The molecule has 1 aliphatic rings. The molecule has 4 rings (SSSR count). The Morgan fingerprint density at radius 2 is 2.28 bits per heavy atom. The largest absolute Gasteiger partial charge is 0.322 e. The van der Waals surface area contributed by atoms with Crippen LogP contribution in [0.2, 0.25) is 0 Å². The van der Waals surface area contributed by atoms with Crippen molar-refractivity contribution in [2.75, 3.05) is 0 Å². The molecule has 3 aromatic heterocycles. The molecule has 25 heavy (non-hydrogen) atoms. The van der Waals surface area contributed by atoms with Crippen molar-refractivity contribution in [3.05, 3.63) is 53.4 Å². The highest BCUT2D eigenvalue weighted by Crippen LogP contribution is 2.20. The van der Waals surface area contributed by atoms with Crippen molar-refractivity contribution in [1.29, 1.82) is 5.26 Å². The number of nitriles is 1. The summed E-state index contributed by atoms with van der Waals surface area (Å²) in [5.74, 6) is 2.38. The van der Waals surface area contributed by atoms with Gasteiger partial charge >= 0.3 is 0 Å². The summed E-state index contributed by atoms with van der Waals surface area (Å²) in [5.41, 5.74) is 2.76. The van der Waals surface area contributed by atoms with Gasteiger partial charge < -0.3 is 9.72 Å². The first-order valence-corrected chi connectivity index (χ1v) is 8.81. The highest BCUT2D eigenvalue weighted by molar-refractivity contribution is 5.65. The molecule has 128 valence electrons. The van der Waals surface area contributed by atoms with Gasteiger partial charge in [-0.05, 0) is 18.6 Å². The van der Waals surface area contributed by atoms with Gasteiger partial charge in [-0.25, -0.2) is 9.67 Å². The minimum absolute atomic E-state index is 0.351. The minimum Gasteiger partial charge on any atom is -0.322 e. The molecule has 1 N–H and O–H groups in total. The topological polar surface area (TPSA) is 70.9 Å². The number of hydrogen-bond acceptors (Lipinski definition) is 4. The van der Waals surface area contributed by atoms with Gasteiger partial charge in [0.25, 0.3) is 0 Å². The molecule has 0 aliphatic carbocycles. The number of aromatic nitrogens is 4. The molecule has 0 spiro atoms. The molecular formula is C19H22N6. The quantitative estimate of drug-likeness (QED) is 0.796. The van der Waals surface area contributed by atoms with Crippen LogP contribution in [0.15, 0.2) is 30.6 Å². The van der Waals surface area contributed by atoms with Crippen LogP contribution in [0, 0.1) is 11.3 Å². The van der Waals surface area contributed by atoms with Gasteiger partial charge in [-0.2, -0.15) is 10.4 Å². The number of aryl methyl sites for hydroxylation is 1. The average Bonchev–Trinajstić information content (AvgIpc) is 3.20. The molecule has 0 aromatic carbocycles. The maximum Gasteiger partial charge on any atom is 0.153 e. The second-order valence-electron chi connectivity index (χ2n) is 6.97. The number of nitrogens with zero attached hydrogens (tertiary/aromatic N) is 5. The Morgan fingerprint density at radius 1 is 1.40 bits per heavy atom. The third-order valence-electron chi connectivity index (χ3n) is 4.85. The molecule has 0 bridgehead atoms. The van der Waals surface area contributed by atoms with E-state index >= 15 is 0 Å². The highest BCUT2D eigenvalue weighted by atomic mass is 15.4. The van der Waals surface area contributed by atoms with Gasteiger partial charge in [0.2, 0.25) is 0 Å². The number of fused-ring (bicyclic) bond motifs is 2. The van der Waals surface area contributed by atoms with Crippen molar-refractivity contribution in [2.45, 2.75) is 51.7 Å². The van der Waals surface area contributed by atoms with E-state index in [4.69, 9.17) is 0 Å². The second kappa shape index (κ2) is 6.34. The van der Waals surface area contributed by atoms with E-state index in [9.17, 15) is 5.26 Å². The lowest BCUT2D eigenvalue weighted by Crippen LogP contribution is -2.37. The lowest BCUT2D eigenvalue weighted by atomic mass is 10.1. The molecule has 3 aromatic rings. The van der Waals surface area contributed by atoms with Crippen molar-refractivity contribution in [2.24, 2.45) is 0 Å². The Bertz CT molecular complexity index is 943. The zero-order chi connectivity index (χ0) is 17.4. The summed E-state index contributed by atoms with van der Waals surface area (Å²) in [6.45, 7) is 5.77. The van der Waals surface area contributed by atoms with E-state index < -0.39 is 0 Å². The van der Waals surface area contributed by atoms with E-state index in [0.29, 0.717) is 18.5 Å². The minimum atomic E-state index is 0.351. The number of hydrogen-bond donors (Lipinski definition) is 1. The van der Waals surface area contributed by atoms with Crippen molar-refractivity contribution in [1.82, 2.24) is 24.5 Å². The van der Waals surface area contributed by atoms with Gasteiger partial charge in [-0.3, -0.25) is 0 Å². The first kappa shape index (κ1) is 15.9. The first-order chi connectivity index (χ1) is 12.2. The lowest BCUT2D eigenvalue weighted by Gasteiger charge is -2.23. The lowest BCUT2D eigenvalue weighted by molar-refractivity contribution is 0.357. The summed E-state index contributed by atoms with van der Waals surface area (Å²) in [4.78, 5) is 4.64. The number of pyridine rings is 1. The van der Waals surface area contributed by atoms with Crippen LogP contribution in [0.5, 0.6) is 0 Å². The summed E-state index contributed by atoms with van der Waals surface area (Å²) >= 11 is 0. The van der Waals surface area contributed by atoms with Crippen molar-refractivity contribution >= 4 is 5.52 Å². The summed E-state index contributed by atoms with van der Waals surface area (Å²) in [5, 5.41) is 17.7. The molecule has 0 saturated heterocycles.